The van der Waals surface area contributed by atoms with Gasteiger partial charge in [-0.2, -0.15) is 0 Å². The van der Waals surface area contributed by atoms with Gasteiger partial charge in [-0.1, -0.05) is 18.2 Å². The summed E-state index contributed by atoms with van der Waals surface area (Å²) in [4.78, 5) is 21.1. The monoisotopic (exact) mass is 362 g/mol. The molecule has 3 heterocycles. The zero-order valence-corrected chi connectivity index (χ0v) is 15.0. The minimum absolute atomic E-state index is 0.210. The normalized spacial score (nSPS) is 11.0. The van der Waals surface area contributed by atoms with E-state index in [0.29, 0.717) is 24.7 Å². The molecule has 0 bridgehead atoms. The minimum Gasteiger partial charge on any atom is -0.489 e. The van der Waals surface area contributed by atoms with Gasteiger partial charge in [-0.15, -0.1) is 10.2 Å². The van der Waals surface area contributed by atoms with Crippen molar-refractivity contribution in [1.82, 2.24) is 29.9 Å². The predicted octanol–water partition coefficient (Wildman–Crippen LogP) is 2.10. The predicted molar refractivity (Wildman–Crippen MR) is 99.8 cm³/mol. The number of benzene rings is 1. The number of rotatable bonds is 5. The molecule has 0 fully saturated rings. The Morgan fingerprint density at radius 3 is 2.93 bits per heavy atom. The van der Waals surface area contributed by atoms with Crippen molar-refractivity contribution in [3.05, 3.63) is 59.8 Å². The topological polar surface area (TPSA) is 94.3 Å². The van der Waals surface area contributed by atoms with Gasteiger partial charge in [0.25, 0.3) is 11.7 Å². The highest BCUT2D eigenvalue weighted by Crippen LogP contribution is 2.22. The molecule has 0 atom stereocenters. The van der Waals surface area contributed by atoms with Crippen LogP contribution < -0.4 is 10.1 Å². The lowest BCUT2D eigenvalue weighted by molar-refractivity contribution is 0.0935. The molecule has 0 spiro atoms. The molecule has 0 saturated heterocycles. The highest BCUT2D eigenvalue weighted by atomic mass is 16.5. The summed E-state index contributed by atoms with van der Waals surface area (Å²) in [5.74, 6) is 0.985. The largest absolute Gasteiger partial charge is 0.489 e. The molecule has 0 saturated carbocycles. The van der Waals surface area contributed by atoms with Crippen molar-refractivity contribution in [2.75, 3.05) is 13.2 Å². The smallest absolute Gasteiger partial charge is 0.289 e. The summed E-state index contributed by atoms with van der Waals surface area (Å²) in [6.45, 7) is 4.41. The number of amides is 1. The highest BCUT2D eigenvalue weighted by molar-refractivity contribution is 5.91. The summed E-state index contributed by atoms with van der Waals surface area (Å²) in [6.07, 6.45) is 1.73. The zero-order valence-electron chi connectivity index (χ0n) is 15.0. The first kappa shape index (κ1) is 16.9. The average molecular weight is 362 g/mol. The zero-order chi connectivity index (χ0) is 18.8. The highest BCUT2D eigenvalue weighted by Gasteiger charge is 2.16. The van der Waals surface area contributed by atoms with Crippen molar-refractivity contribution in [2.24, 2.45) is 0 Å². The number of ether oxygens (including phenoxy) is 1. The lowest BCUT2D eigenvalue weighted by Gasteiger charge is -2.09. The first-order valence-electron chi connectivity index (χ1n) is 8.57. The number of fused-ring (bicyclic) bond motifs is 2. The van der Waals surface area contributed by atoms with Gasteiger partial charge < -0.3 is 10.1 Å². The number of nitrogens with one attached hydrogen (secondary N) is 1. The summed E-state index contributed by atoms with van der Waals surface area (Å²) in [7, 11) is 0. The van der Waals surface area contributed by atoms with Gasteiger partial charge in [0.1, 0.15) is 17.9 Å². The Balaban J connectivity index is 1.42. The van der Waals surface area contributed by atoms with E-state index in [4.69, 9.17) is 4.74 Å². The number of hydrogen-bond donors (Lipinski definition) is 1. The van der Waals surface area contributed by atoms with Gasteiger partial charge in [-0.05, 0) is 32.0 Å². The summed E-state index contributed by atoms with van der Waals surface area (Å²) in [5, 5.41) is 11.7. The molecular weight excluding hydrogens is 344 g/mol. The second-order valence-corrected chi connectivity index (χ2v) is 6.13. The Bertz CT molecular complexity index is 1130. The molecule has 0 unspecified atom stereocenters. The number of nitrogens with zero attached hydrogens (tertiary/aromatic N) is 5. The maximum atomic E-state index is 12.5. The molecule has 136 valence electrons. The van der Waals surface area contributed by atoms with Gasteiger partial charge in [-0.3, -0.25) is 14.2 Å². The summed E-state index contributed by atoms with van der Waals surface area (Å²) in [5.41, 5.74) is 2.48. The third-order valence-corrected chi connectivity index (χ3v) is 4.14. The minimum atomic E-state index is -0.323. The lowest BCUT2D eigenvalue weighted by atomic mass is 10.2. The maximum Gasteiger partial charge on any atom is 0.289 e. The molecule has 3 aromatic heterocycles. The third-order valence-electron chi connectivity index (χ3n) is 4.14. The number of para-hydroxylation sites is 1. The number of hydrogen-bond acceptors (Lipinski definition) is 6. The standard InChI is InChI=1S/C19H18N6O2/c1-12-11-13(2)25-17(23-24-19(25)22-12)18(26)21-9-10-27-15-7-3-5-14-6-4-8-20-16(14)15/h3-8,11H,9-10H2,1-2H3,(H,21,26). The molecule has 0 aliphatic carbocycles. The summed E-state index contributed by atoms with van der Waals surface area (Å²) in [6, 6.07) is 11.5. The van der Waals surface area contributed by atoms with Crippen LogP contribution in [0.4, 0.5) is 0 Å². The van der Waals surface area contributed by atoms with E-state index in [2.05, 4.69) is 25.5 Å². The Kier molecular flexibility index (Phi) is 4.37. The molecule has 1 aromatic carbocycles. The number of carbonyl (C=O) groups is 1. The lowest BCUT2D eigenvalue weighted by Crippen LogP contribution is -2.30. The molecule has 27 heavy (non-hydrogen) atoms. The molecule has 8 nitrogen and oxygen atoms in total. The molecule has 4 rings (SSSR count). The number of carbonyl (C=O) groups excluding carboxylic acids is 1. The van der Waals surface area contributed by atoms with Crippen LogP contribution in [0.2, 0.25) is 0 Å². The van der Waals surface area contributed by atoms with Crippen LogP contribution in [0.15, 0.2) is 42.6 Å². The van der Waals surface area contributed by atoms with E-state index in [9.17, 15) is 4.79 Å². The second kappa shape index (κ2) is 6.99. The van der Waals surface area contributed by atoms with Crippen LogP contribution in [0.5, 0.6) is 5.75 Å². The van der Waals surface area contributed by atoms with Crippen LogP contribution in [-0.4, -0.2) is 43.6 Å². The third kappa shape index (κ3) is 3.29. The van der Waals surface area contributed by atoms with Crippen molar-refractivity contribution in [2.45, 2.75) is 13.8 Å². The first-order valence-corrected chi connectivity index (χ1v) is 8.57. The fourth-order valence-corrected chi connectivity index (χ4v) is 2.97. The first-order chi connectivity index (χ1) is 13.1. The van der Waals surface area contributed by atoms with E-state index in [-0.39, 0.29) is 11.7 Å². The second-order valence-electron chi connectivity index (χ2n) is 6.13. The van der Waals surface area contributed by atoms with E-state index < -0.39 is 0 Å². The Morgan fingerprint density at radius 1 is 1.19 bits per heavy atom. The Hall–Kier alpha value is -3.55. The SMILES string of the molecule is Cc1cc(C)n2c(C(=O)NCCOc3cccc4cccnc34)nnc2n1. The van der Waals surface area contributed by atoms with Crippen molar-refractivity contribution in [3.63, 3.8) is 0 Å². The molecule has 4 aromatic rings. The Morgan fingerprint density at radius 2 is 2.04 bits per heavy atom. The fraction of sp³-hybridized carbons (Fsp3) is 0.211. The van der Waals surface area contributed by atoms with Gasteiger partial charge in [0.15, 0.2) is 0 Å². The van der Waals surface area contributed by atoms with E-state index >= 15 is 0 Å². The Labute approximate surface area is 155 Å². The van der Waals surface area contributed by atoms with Crippen LogP contribution in [0, 0.1) is 13.8 Å². The molecule has 0 aliphatic rings. The van der Waals surface area contributed by atoms with E-state index in [1.54, 1.807) is 10.6 Å². The number of aromatic nitrogens is 5. The van der Waals surface area contributed by atoms with Crippen LogP contribution in [-0.2, 0) is 0 Å². The van der Waals surface area contributed by atoms with Gasteiger partial charge in [0.05, 0.1) is 6.54 Å². The maximum absolute atomic E-state index is 12.5. The average Bonchev–Trinajstić information content (AvgIpc) is 3.09. The number of pyridine rings is 1. The molecule has 1 N–H and O–H groups in total. The van der Waals surface area contributed by atoms with Gasteiger partial charge in [-0.25, -0.2) is 4.98 Å². The van der Waals surface area contributed by atoms with Crippen molar-refractivity contribution in [1.29, 1.82) is 0 Å². The molecule has 8 heteroatoms. The number of aryl methyl sites for hydroxylation is 2. The van der Waals surface area contributed by atoms with Gasteiger partial charge >= 0.3 is 0 Å². The van der Waals surface area contributed by atoms with Crippen molar-refractivity contribution in [3.8, 4) is 5.75 Å². The summed E-state index contributed by atoms with van der Waals surface area (Å²) >= 11 is 0. The molecule has 1 amide bonds. The van der Waals surface area contributed by atoms with E-state index in [1.807, 2.05) is 50.2 Å². The van der Waals surface area contributed by atoms with Crippen LogP contribution in [0.3, 0.4) is 0 Å². The van der Waals surface area contributed by atoms with Crippen LogP contribution >= 0.6 is 0 Å². The fourth-order valence-electron chi connectivity index (χ4n) is 2.97. The van der Waals surface area contributed by atoms with Crippen molar-refractivity contribution >= 4 is 22.6 Å². The van der Waals surface area contributed by atoms with Crippen LogP contribution in [0.25, 0.3) is 16.7 Å². The van der Waals surface area contributed by atoms with E-state index in [0.717, 1.165) is 22.3 Å². The molecule has 0 aliphatic heterocycles. The summed E-state index contributed by atoms with van der Waals surface area (Å²) < 4.78 is 7.42. The quantitative estimate of drug-likeness (QED) is 0.547. The molecular formula is C19H18N6O2. The molecule has 0 radical (unpaired) electrons. The van der Waals surface area contributed by atoms with Gasteiger partial charge in [0, 0.05) is 23.0 Å². The van der Waals surface area contributed by atoms with E-state index in [1.165, 1.54) is 0 Å². The van der Waals surface area contributed by atoms with Gasteiger partial charge in [0.2, 0.25) is 5.82 Å². The van der Waals surface area contributed by atoms with Crippen LogP contribution in [0.1, 0.15) is 22.0 Å². The van der Waals surface area contributed by atoms with Crippen molar-refractivity contribution < 1.29 is 9.53 Å².